The van der Waals surface area contributed by atoms with Crippen molar-refractivity contribution in [3.05, 3.63) is 35.5 Å². The van der Waals surface area contributed by atoms with Crippen molar-refractivity contribution < 1.29 is 19.1 Å². The molecule has 0 spiro atoms. The van der Waals surface area contributed by atoms with Crippen molar-refractivity contribution in [2.75, 3.05) is 7.11 Å². The summed E-state index contributed by atoms with van der Waals surface area (Å²) in [4.78, 5) is 27.5. The molecular weight excluding hydrogens is 332 g/mol. The standard InChI is InChI=1S/C20H28N2O4/c1-12(2)14-8-7-9-15-13(11-21-17(14)15)10-16(18(23)25-6)22-19(24)26-20(3,4)5/h7-9,11-12,16,21H,10H2,1-6H3,(H,22,24)/t16-/m0/s1. The maximum atomic E-state index is 12.1. The fourth-order valence-electron chi connectivity index (χ4n) is 2.89. The van der Waals surface area contributed by atoms with Crippen LogP contribution in [0.1, 0.15) is 51.7 Å². The third kappa shape index (κ3) is 4.77. The highest BCUT2D eigenvalue weighted by molar-refractivity contribution is 5.88. The molecule has 1 heterocycles. The molecular formula is C20H28N2O4. The predicted molar refractivity (Wildman–Crippen MR) is 101 cm³/mol. The Morgan fingerprint density at radius 2 is 1.92 bits per heavy atom. The molecule has 2 N–H and O–H groups in total. The molecule has 6 heteroatoms. The maximum absolute atomic E-state index is 12.1. The molecule has 1 atom stereocenters. The first-order valence-electron chi connectivity index (χ1n) is 8.78. The number of rotatable bonds is 5. The smallest absolute Gasteiger partial charge is 0.408 e. The Labute approximate surface area is 154 Å². The zero-order valence-corrected chi connectivity index (χ0v) is 16.3. The molecule has 0 saturated heterocycles. The zero-order valence-electron chi connectivity index (χ0n) is 16.3. The monoisotopic (exact) mass is 360 g/mol. The van der Waals surface area contributed by atoms with E-state index in [1.807, 2.05) is 18.3 Å². The number of aromatic amines is 1. The average molecular weight is 360 g/mol. The van der Waals surface area contributed by atoms with Crippen molar-refractivity contribution in [1.29, 1.82) is 0 Å². The Kier molecular flexibility index (Phi) is 5.95. The van der Waals surface area contributed by atoms with Gasteiger partial charge in [0.1, 0.15) is 11.6 Å². The molecule has 0 fully saturated rings. The summed E-state index contributed by atoms with van der Waals surface area (Å²) < 4.78 is 10.1. The Balaban J connectivity index is 2.26. The van der Waals surface area contributed by atoms with Gasteiger partial charge in [-0.1, -0.05) is 32.0 Å². The van der Waals surface area contributed by atoms with Gasteiger partial charge >= 0.3 is 12.1 Å². The number of carbonyl (C=O) groups is 2. The van der Waals surface area contributed by atoms with Gasteiger partial charge in [0, 0.05) is 23.5 Å². The van der Waals surface area contributed by atoms with Crippen LogP contribution in [-0.4, -0.2) is 35.8 Å². The largest absolute Gasteiger partial charge is 0.467 e. The summed E-state index contributed by atoms with van der Waals surface area (Å²) in [7, 11) is 1.30. The summed E-state index contributed by atoms with van der Waals surface area (Å²) in [6, 6.07) is 5.28. The lowest BCUT2D eigenvalue weighted by molar-refractivity contribution is -0.143. The highest BCUT2D eigenvalue weighted by Crippen LogP contribution is 2.27. The number of benzene rings is 1. The summed E-state index contributed by atoms with van der Waals surface area (Å²) in [5, 5.41) is 3.65. The van der Waals surface area contributed by atoms with Crippen molar-refractivity contribution >= 4 is 23.0 Å². The van der Waals surface area contributed by atoms with Gasteiger partial charge in [-0.2, -0.15) is 0 Å². The summed E-state index contributed by atoms with van der Waals surface area (Å²) >= 11 is 0. The van der Waals surface area contributed by atoms with Crippen molar-refractivity contribution in [2.24, 2.45) is 0 Å². The van der Waals surface area contributed by atoms with E-state index in [1.165, 1.54) is 12.7 Å². The minimum Gasteiger partial charge on any atom is -0.467 e. The van der Waals surface area contributed by atoms with Crippen LogP contribution in [0.15, 0.2) is 24.4 Å². The minimum atomic E-state index is -0.823. The number of nitrogens with one attached hydrogen (secondary N) is 2. The Morgan fingerprint density at radius 3 is 2.50 bits per heavy atom. The first-order valence-corrected chi connectivity index (χ1v) is 8.78. The van der Waals surface area contributed by atoms with Crippen LogP contribution in [0.2, 0.25) is 0 Å². The Bertz CT molecular complexity index is 787. The number of methoxy groups -OCH3 is 1. The van der Waals surface area contributed by atoms with Crippen molar-refractivity contribution in [3.8, 4) is 0 Å². The van der Waals surface area contributed by atoms with E-state index >= 15 is 0 Å². The van der Waals surface area contributed by atoms with E-state index in [0.717, 1.165) is 16.5 Å². The van der Waals surface area contributed by atoms with E-state index < -0.39 is 23.7 Å². The van der Waals surface area contributed by atoms with Gasteiger partial charge in [0.25, 0.3) is 0 Å². The van der Waals surface area contributed by atoms with Crippen molar-refractivity contribution in [3.63, 3.8) is 0 Å². The molecule has 6 nitrogen and oxygen atoms in total. The fourth-order valence-corrected chi connectivity index (χ4v) is 2.89. The topological polar surface area (TPSA) is 80.4 Å². The highest BCUT2D eigenvalue weighted by Gasteiger charge is 2.26. The van der Waals surface area contributed by atoms with Crippen LogP contribution in [0.3, 0.4) is 0 Å². The first-order chi connectivity index (χ1) is 12.1. The summed E-state index contributed by atoms with van der Waals surface area (Å²) in [6.07, 6.45) is 1.55. The average Bonchev–Trinajstić information content (AvgIpc) is 2.94. The molecule has 0 radical (unpaired) electrons. The number of alkyl carbamates (subject to hydrolysis) is 1. The number of para-hydroxylation sites is 1. The lowest BCUT2D eigenvalue weighted by Gasteiger charge is -2.22. The highest BCUT2D eigenvalue weighted by atomic mass is 16.6. The molecule has 0 aliphatic rings. The van der Waals surface area contributed by atoms with Crippen LogP contribution >= 0.6 is 0 Å². The molecule has 0 unspecified atom stereocenters. The molecule has 1 aromatic heterocycles. The number of fused-ring (bicyclic) bond motifs is 1. The molecule has 2 aromatic rings. The molecule has 0 aliphatic heterocycles. The lowest BCUT2D eigenvalue weighted by atomic mass is 9.98. The predicted octanol–water partition coefficient (Wildman–Crippen LogP) is 3.90. The molecule has 0 bridgehead atoms. The third-order valence-electron chi connectivity index (χ3n) is 4.06. The normalized spacial score (nSPS) is 12.9. The number of H-pyrrole nitrogens is 1. The van der Waals surface area contributed by atoms with Crippen molar-refractivity contribution in [1.82, 2.24) is 10.3 Å². The molecule has 1 aromatic carbocycles. The van der Waals surface area contributed by atoms with Gasteiger partial charge in [-0.3, -0.25) is 0 Å². The molecule has 0 saturated carbocycles. The lowest BCUT2D eigenvalue weighted by Crippen LogP contribution is -2.45. The van der Waals surface area contributed by atoms with Crippen LogP contribution in [0.4, 0.5) is 4.79 Å². The van der Waals surface area contributed by atoms with Gasteiger partial charge in [-0.25, -0.2) is 9.59 Å². The van der Waals surface area contributed by atoms with Crippen LogP contribution in [0.5, 0.6) is 0 Å². The molecule has 2 rings (SSSR count). The Hall–Kier alpha value is -2.50. The first kappa shape index (κ1) is 19.8. The van der Waals surface area contributed by atoms with E-state index in [-0.39, 0.29) is 0 Å². The number of amides is 1. The second-order valence-corrected chi connectivity index (χ2v) is 7.66. The number of aromatic nitrogens is 1. The third-order valence-corrected chi connectivity index (χ3v) is 4.06. The fraction of sp³-hybridized carbons (Fsp3) is 0.500. The number of ether oxygens (including phenoxy) is 2. The number of hydrogen-bond acceptors (Lipinski definition) is 4. The number of esters is 1. The van der Waals surface area contributed by atoms with Gasteiger partial charge in [0.15, 0.2) is 0 Å². The molecule has 26 heavy (non-hydrogen) atoms. The van der Waals surface area contributed by atoms with Crippen LogP contribution < -0.4 is 5.32 Å². The maximum Gasteiger partial charge on any atom is 0.408 e. The SMILES string of the molecule is COC(=O)[C@H](Cc1c[nH]c2c(C(C)C)cccc12)NC(=O)OC(C)(C)C. The van der Waals surface area contributed by atoms with Crippen LogP contribution in [-0.2, 0) is 20.7 Å². The van der Waals surface area contributed by atoms with Gasteiger partial charge in [0.2, 0.25) is 0 Å². The van der Waals surface area contributed by atoms with Gasteiger partial charge < -0.3 is 19.8 Å². The second-order valence-electron chi connectivity index (χ2n) is 7.66. The number of carbonyl (C=O) groups excluding carboxylic acids is 2. The Morgan fingerprint density at radius 1 is 1.23 bits per heavy atom. The molecule has 142 valence electrons. The van der Waals surface area contributed by atoms with E-state index in [1.54, 1.807) is 20.8 Å². The zero-order chi connectivity index (χ0) is 19.5. The second kappa shape index (κ2) is 7.81. The van der Waals surface area contributed by atoms with E-state index in [9.17, 15) is 9.59 Å². The van der Waals surface area contributed by atoms with Gasteiger partial charge in [-0.15, -0.1) is 0 Å². The summed E-state index contributed by atoms with van der Waals surface area (Å²) in [5.74, 6) is -0.133. The van der Waals surface area contributed by atoms with E-state index in [0.29, 0.717) is 12.3 Å². The van der Waals surface area contributed by atoms with E-state index in [2.05, 4.69) is 30.2 Å². The van der Waals surface area contributed by atoms with Gasteiger partial charge in [0.05, 0.1) is 7.11 Å². The quantitative estimate of drug-likeness (QED) is 0.793. The summed E-state index contributed by atoms with van der Waals surface area (Å²) in [6.45, 7) is 9.58. The van der Waals surface area contributed by atoms with Crippen LogP contribution in [0, 0.1) is 0 Å². The number of hydrogen-bond donors (Lipinski definition) is 2. The van der Waals surface area contributed by atoms with Crippen molar-refractivity contribution in [2.45, 2.75) is 58.6 Å². The molecule has 1 amide bonds. The van der Waals surface area contributed by atoms with E-state index in [4.69, 9.17) is 9.47 Å². The summed E-state index contributed by atoms with van der Waals surface area (Å²) in [5.41, 5.74) is 2.56. The minimum absolute atomic E-state index is 0.313. The van der Waals surface area contributed by atoms with Gasteiger partial charge in [-0.05, 0) is 37.8 Å². The van der Waals surface area contributed by atoms with Crippen LogP contribution in [0.25, 0.3) is 10.9 Å². The molecule has 0 aliphatic carbocycles.